The van der Waals surface area contributed by atoms with E-state index in [4.69, 9.17) is 4.84 Å². The van der Waals surface area contributed by atoms with Crippen molar-refractivity contribution in [1.29, 1.82) is 0 Å². The molecule has 16 heavy (non-hydrogen) atoms. The van der Waals surface area contributed by atoms with E-state index in [0.29, 0.717) is 6.42 Å². The summed E-state index contributed by atoms with van der Waals surface area (Å²) in [5, 5.41) is 8.10. The standard InChI is InChI=1S/C10H13N3O3/c1-6-7(5-13(2)11-6)8-4-9(16-12-8)10(14)15-3/h5,9H,4H2,1-3H3. The number of esters is 1. The van der Waals surface area contributed by atoms with Crippen LogP contribution >= 0.6 is 0 Å². The highest BCUT2D eigenvalue weighted by Gasteiger charge is 2.30. The number of hydrogen-bond donors (Lipinski definition) is 0. The van der Waals surface area contributed by atoms with Crippen molar-refractivity contribution in [3.8, 4) is 0 Å². The van der Waals surface area contributed by atoms with Gasteiger partial charge < -0.3 is 9.57 Å². The molecule has 1 aliphatic heterocycles. The number of hydrogen-bond acceptors (Lipinski definition) is 5. The first-order valence-electron chi connectivity index (χ1n) is 4.93. The monoisotopic (exact) mass is 223 g/mol. The Balaban J connectivity index is 2.14. The number of methoxy groups -OCH3 is 1. The van der Waals surface area contributed by atoms with Crippen LogP contribution in [-0.2, 0) is 21.4 Å². The van der Waals surface area contributed by atoms with E-state index in [2.05, 4.69) is 15.0 Å². The average molecular weight is 223 g/mol. The van der Waals surface area contributed by atoms with Gasteiger partial charge in [-0.3, -0.25) is 4.68 Å². The third-order valence-electron chi connectivity index (χ3n) is 2.46. The third-order valence-corrected chi connectivity index (χ3v) is 2.46. The highest BCUT2D eigenvalue weighted by atomic mass is 16.7. The lowest BCUT2D eigenvalue weighted by Crippen LogP contribution is -2.22. The molecular formula is C10H13N3O3. The van der Waals surface area contributed by atoms with Gasteiger partial charge in [-0.2, -0.15) is 5.10 Å². The number of carbonyl (C=O) groups is 1. The summed E-state index contributed by atoms with van der Waals surface area (Å²) in [5.74, 6) is -0.403. The maximum absolute atomic E-state index is 11.2. The Morgan fingerprint density at radius 3 is 3.00 bits per heavy atom. The zero-order valence-electron chi connectivity index (χ0n) is 9.43. The molecule has 6 heteroatoms. The molecule has 1 aromatic rings. The lowest BCUT2D eigenvalue weighted by Gasteiger charge is -2.03. The Morgan fingerprint density at radius 1 is 1.69 bits per heavy atom. The minimum atomic E-state index is -0.625. The quantitative estimate of drug-likeness (QED) is 0.680. The van der Waals surface area contributed by atoms with Crippen LogP contribution in [-0.4, -0.2) is 34.7 Å². The second-order valence-electron chi connectivity index (χ2n) is 3.66. The van der Waals surface area contributed by atoms with Gasteiger partial charge >= 0.3 is 5.97 Å². The zero-order chi connectivity index (χ0) is 11.7. The summed E-state index contributed by atoms with van der Waals surface area (Å²) in [6.07, 6.45) is 1.66. The SMILES string of the molecule is COC(=O)C1CC(c2cn(C)nc2C)=NO1. The van der Waals surface area contributed by atoms with Gasteiger partial charge in [0, 0.05) is 25.2 Å². The normalized spacial score (nSPS) is 19.2. The molecule has 1 unspecified atom stereocenters. The van der Waals surface area contributed by atoms with Crippen LogP contribution in [0.5, 0.6) is 0 Å². The fourth-order valence-electron chi connectivity index (χ4n) is 1.68. The summed E-state index contributed by atoms with van der Waals surface area (Å²) in [4.78, 5) is 16.3. The highest BCUT2D eigenvalue weighted by Crippen LogP contribution is 2.19. The largest absolute Gasteiger partial charge is 0.466 e. The zero-order valence-corrected chi connectivity index (χ0v) is 9.43. The Labute approximate surface area is 92.8 Å². The van der Waals surface area contributed by atoms with Crippen LogP contribution in [0.15, 0.2) is 11.4 Å². The second kappa shape index (κ2) is 3.96. The Kier molecular flexibility index (Phi) is 2.64. The molecule has 0 spiro atoms. The van der Waals surface area contributed by atoms with Crippen molar-refractivity contribution in [2.24, 2.45) is 12.2 Å². The van der Waals surface area contributed by atoms with Gasteiger partial charge in [-0.05, 0) is 6.92 Å². The summed E-state index contributed by atoms with van der Waals surface area (Å²) >= 11 is 0. The van der Waals surface area contributed by atoms with E-state index in [1.807, 2.05) is 20.2 Å². The van der Waals surface area contributed by atoms with Gasteiger partial charge in [-0.25, -0.2) is 4.79 Å². The molecule has 0 amide bonds. The Morgan fingerprint density at radius 2 is 2.44 bits per heavy atom. The fourth-order valence-corrected chi connectivity index (χ4v) is 1.68. The van der Waals surface area contributed by atoms with Crippen molar-refractivity contribution < 1.29 is 14.4 Å². The first-order chi connectivity index (χ1) is 7.61. The predicted octanol–water partition coefficient (Wildman–Crippen LogP) is 0.395. The molecule has 2 heterocycles. The van der Waals surface area contributed by atoms with Crippen LogP contribution in [0.4, 0.5) is 0 Å². The molecule has 0 radical (unpaired) electrons. The van der Waals surface area contributed by atoms with Crippen LogP contribution in [0.3, 0.4) is 0 Å². The van der Waals surface area contributed by atoms with Crippen molar-refractivity contribution in [2.75, 3.05) is 7.11 Å². The molecule has 1 aromatic heterocycles. The molecule has 0 aromatic carbocycles. The van der Waals surface area contributed by atoms with E-state index < -0.39 is 12.1 Å². The summed E-state index contributed by atoms with van der Waals surface area (Å²) in [6, 6.07) is 0. The van der Waals surface area contributed by atoms with Crippen LogP contribution in [0.25, 0.3) is 0 Å². The van der Waals surface area contributed by atoms with Gasteiger partial charge in [-0.1, -0.05) is 5.16 Å². The molecule has 2 rings (SSSR count). The first kappa shape index (κ1) is 10.7. The average Bonchev–Trinajstić information content (AvgIpc) is 2.83. The molecule has 0 bridgehead atoms. The van der Waals surface area contributed by atoms with Gasteiger partial charge in [-0.15, -0.1) is 0 Å². The number of aryl methyl sites for hydroxylation is 2. The van der Waals surface area contributed by atoms with Crippen LogP contribution in [0.1, 0.15) is 17.7 Å². The molecule has 1 atom stereocenters. The lowest BCUT2D eigenvalue weighted by molar-refractivity contribution is -0.152. The molecule has 6 nitrogen and oxygen atoms in total. The first-order valence-corrected chi connectivity index (χ1v) is 4.93. The van der Waals surface area contributed by atoms with Gasteiger partial charge in [0.15, 0.2) is 0 Å². The van der Waals surface area contributed by atoms with Crippen LogP contribution < -0.4 is 0 Å². The van der Waals surface area contributed by atoms with Gasteiger partial charge in [0.25, 0.3) is 0 Å². The minimum absolute atomic E-state index is 0.403. The maximum atomic E-state index is 11.2. The van der Waals surface area contributed by atoms with E-state index >= 15 is 0 Å². The van der Waals surface area contributed by atoms with Crippen molar-refractivity contribution in [3.63, 3.8) is 0 Å². The molecular weight excluding hydrogens is 210 g/mol. The Bertz CT molecular complexity index is 450. The van der Waals surface area contributed by atoms with Crippen molar-refractivity contribution in [3.05, 3.63) is 17.5 Å². The maximum Gasteiger partial charge on any atom is 0.350 e. The smallest absolute Gasteiger partial charge is 0.350 e. The summed E-state index contributed by atoms with van der Waals surface area (Å²) in [6.45, 7) is 1.89. The van der Waals surface area contributed by atoms with Gasteiger partial charge in [0.2, 0.25) is 6.10 Å². The molecule has 0 fully saturated rings. The van der Waals surface area contributed by atoms with Crippen molar-refractivity contribution in [1.82, 2.24) is 9.78 Å². The van der Waals surface area contributed by atoms with E-state index in [-0.39, 0.29) is 0 Å². The minimum Gasteiger partial charge on any atom is -0.466 e. The van der Waals surface area contributed by atoms with E-state index in [1.54, 1.807) is 4.68 Å². The van der Waals surface area contributed by atoms with Crippen LogP contribution in [0.2, 0.25) is 0 Å². The number of carbonyl (C=O) groups excluding carboxylic acids is 1. The van der Waals surface area contributed by atoms with Crippen molar-refractivity contribution in [2.45, 2.75) is 19.4 Å². The van der Waals surface area contributed by atoms with E-state index in [0.717, 1.165) is 17.0 Å². The number of nitrogens with zero attached hydrogens (tertiary/aromatic N) is 3. The molecule has 0 aliphatic carbocycles. The lowest BCUT2D eigenvalue weighted by atomic mass is 10.1. The third kappa shape index (κ3) is 1.78. The van der Waals surface area contributed by atoms with Gasteiger partial charge in [0.05, 0.1) is 18.5 Å². The van der Waals surface area contributed by atoms with Crippen LogP contribution in [0, 0.1) is 6.92 Å². The number of ether oxygens (including phenoxy) is 1. The number of aromatic nitrogens is 2. The fraction of sp³-hybridized carbons (Fsp3) is 0.500. The molecule has 0 saturated heterocycles. The second-order valence-corrected chi connectivity index (χ2v) is 3.66. The Hall–Kier alpha value is -1.85. The topological polar surface area (TPSA) is 65.7 Å². The summed E-state index contributed by atoms with van der Waals surface area (Å²) in [7, 11) is 3.17. The van der Waals surface area contributed by atoms with E-state index in [1.165, 1.54) is 7.11 Å². The summed E-state index contributed by atoms with van der Waals surface area (Å²) < 4.78 is 6.30. The summed E-state index contributed by atoms with van der Waals surface area (Å²) in [5.41, 5.74) is 2.52. The molecule has 86 valence electrons. The van der Waals surface area contributed by atoms with Crippen molar-refractivity contribution >= 4 is 11.7 Å². The van der Waals surface area contributed by atoms with E-state index in [9.17, 15) is 4.79 Å². The predicted molar refractivity (Wildman–Crippen MR) is 56.0 cm³/mol. The highest BCUT2D eigenvalue weighted by molar-refractivity contribution is 6.04. The molecule has 0 N–H and O–H groups in total. The molecule has 1 aliphatic rings. The number of oxime groups is 1. The molecule has 0 saturated carbocycles. The van der Waals surface area contributed by atoms with Gasteiger partial charge in [0.1, 0.15) is 0 Å². The number of rotatable bonds is 2.